The van der Waals surface area contributed by atoms with Crippen molar-refractivity contribution in [2.75, 3.05) is 6.61 Å². The maximum absolute atomic E-state index is 12.5. The molecular formula is C27H41F3N2OSi. The van der Waals surface area contributed by atoms with Crippen LogP contribution in [0.5, 0.6) is 5.75 Å². The predicted octanol–water partition coefficient (Wildman–Crippen LogP) is 8.87. The first-order valence-electron chi connectivity index (χ1n) is 12.8. The van der Waals surface area contributed by atoms with Crippen LogP contribution in [-0.2, 0) is 6.42 Å². The highest BCUT2D eigenvalue weighted by molar-refractivity contribution is 6.77. The molecule has 7 heteroatoms. The lowest BCUT2D eigenvalue weighted by atomic mass is 10.1. The lowest BCUT2D eigenvalue weighted by Gasteiger charge is -2.23. The summed E-state index contributed by atoms with van der Waals surface area (Å²) in [4.78, 5) is 9.06. The molecule has 2 aromatic rings. The van der Waals surface area contributed by atoms with Gasteiger partial charge in [-0.3, -0.25) is 0 Å². The number of benzene rings is 1. The van der Waals surface area contributed by atoms with Gasteiger partial charge in [-0.2, -0.15) is 13.2 Å². The van der Waals surface area contributed by atoms with Crippen LogP contribution in [0.25, 0.3) is 11.4 Å². The quantitative estimate of drug-likeness (QED) is 0.173. The van der Waals surface area contributed by atoms with Gasteiger partial charge < -0.3 is 4.74 Å². The molecule has 0 unspecified atom stereocenters. The molecule has 190 valence electrons. The fraction of sp³-hybridized carbons (Fsp3) is 0.630. The Morgan fingerprint density at radius 3 is 2.12 bits per heavy atom. The molecule has 3 nitrogen and oxygen atoms in total. The van der Waals surface area contributed by atoms with Crippen molar-refractivity contribution in [3.63, 3.8) is 0 Å². The molecule has 0 aliphatic carbocycles. The van der Waals surface area contributed by atoms with E-state index in [9.17, 15) is 13.2 Å². The average molecular weight is 495 g/mol. The summed E-state index contributed by atoms with van der Waals surface area (Å²) < 4.78 is 43.2. The van der Waals surface area contributed by atoms with Gasteiger partial charge in [-0.05, 0) is 55.1 Å². The van der Waals surface area contributed by atoms with E-state index in [1.807, 2.05) is 49.8 Å². The van der Waals surface area contributed by atoms with E-state index < -0.39 is 20.7 Å². The van der Waals surface area contributed by atoms with E-state index in [1.165, 1.54) is 44.1 Å². The van der Waals surface area contributed by atoms with Crippen molar-refractivity contribution in [3.05, 3.63) is 42.2 Å². The highest BCUT2D eigenvalue weighted by Gasteiger charge is 2.31. The van der Waals surface area contributed by atoms with E-state index in [4.69, 9.17) is 4.74 Å². The third-order valence-corrected chi connectivity index (χ3v) is 9.55. The summed E-state index contributed by atoms with van der Waals surface area (Å²) >= 11 is 0. The van der Waals surface area contributed by atoms with E-state index in [-0.39, 0.29) is 0 Å². The first-order valence-corrected chi connectivity index (χ1v) is 16.2. The summed E-state index contributed by atoms with van der Waals surface area (Å²) in [6.07, 6.45) is 9.65. The highest BCUT2D eigenvalue weighted by atomic mass is 28.3. The van der Waals surface area contributed by atoms with Crippen LogP contribution in [0.1, 0.15) is 70.3 Å². The zero-order chi connectivity index (χ0) is 24.9. The van der Waals surface area contributed by atoms with Crippen LogP contribution < -0.4 is 4.74 Å². The number of rotatable bonds is 16. The molecule has 0 aliphatic heterocycles. The van der Waals surface area contributed by atoms with E-state index in [2.05, 4.69) is 16.9 Å². The second kappa shape index (κ2) is 14.5. The summed E-state index contributed by atoms with van der Waals surface area (Å²) in [5, 5.41) is 0. The molecule has 34 heavy (non-hydrogen) atoms. The van der Waals surface area contributed by atoms with Crippen molar-refractivity contribution in [1.82, 2.24) is 9.97 Å². The van der Waals surface area contributed by atoms with Crippen LogP contribution >= 0.6 is 0 Å². The monoisotopic (exact) mass is 494 g/mol. The smallest absolute Gasteiger partial charge is 0.388 e. The summed E-state index contributed by atoms with van der Waals surface area (Å²) in [7, 11) is -1.80. The molecule has 1 aromatic carbocycles. The standard InChI is InChI=1S/C27H41F3N2OSi/c1-4-5-6-7-8-9-12-23-21-31-26(32-22-23)24-13-15-25(16-14-24)33-18-10-11-19-34(2,3)20-17-27(28,29)30/h13-16,21-22H,4-12,17-20H2,1-3H3. The van der Waals surface area contributed by atoms with Crippen molar-refractivity contribution in [2.45, 2.75) is 102 Å². The summed E-state index contributed by atoms with van der Waals surface area (Å²) in [5.41, 5.74) is 2.14. The van der Waals surface area contributed by atoms with Gasteiger partial charge in [0.15, 0.2) is 5.82 Å². The number of hydrogen-bond acceptors (Lipinski definition) is 3. The maximum Gasteiger partial charge on any atom is 0.388 e. The fourth-order valence-electron chi connectivity index (χ4n) is 3.94. The topological polar surface area (TPSA) is 35.0 Å². The maximum atomic E-state index is 12.5. The largest absolute Gasteiger partial charge is 0.494 e. The van der Waals surface area contributed by atoms with Crippen LogP contribution in [-0.4, -0.2) is 30.8 Å². The fourth-order valence-corrected chi connectivity index (χ4v) is 6.36. The summed E-state index contributed by atoms with van der Waals surface area (Å²) in [5.74, 6) is 1.50. The van der Waals surface area contributed by atoms with Gasteiger partial charge in [0.05, 0.1) is 6.61 Å². The molecule has 0 bridgehead atoms. The average Bonchev–Trinajstić information content (AvgIpc) is 2.80. The predicted molar refractivity (Wildman–Crippen MR) is 137 cm³/mol. The number of hydrogen-bond donors (Lipinski definition) is 0. The minimum absolute atomic E-state index is 0.306. The molecule has 0 amide bonds. The number of ether oxygens (including phenoxy) is 1. The minimum atomic E-state index is -4.04. The van der Waals surface area contributed by atoms with Gasteiger partial charge in [-0.25, -0.2) is 9.97 Å². The Bertz CT molecular complexity index is 808. The van der Waals surface area contributed by atoms with E-state index in [0.717, 1.165) is 36.6 Å². The molecule has 0 aliphatic rings. The molecule has 0 atom stereocenters. The van der Waals surface area contributed by atoms with Crippen LogP contribution in [0.15, 0.2) is 36.7 Å². The minimum Gasteiger partial charge on any atom is -0.494 e. The van der Waals surface area contributed by atoms with Crippen LogP contribution in [0.3, 0.4) is 0 Å². The number of unbranched alkanes of at least 4 members (excludes halogenated alkanes) is 6. The lowest BCUT2D eigenvalue weighted by Crippen LogP contribution is -2.27. The second-order valence-electron chi connectivity index (χ2n) is 10.0. The summed E-state index contributed by atoms with van der Waals surface area (Å²) in [6.45, 7) is 6.90. The highest BCUT2D eigenvalue weighted by Crippen LogP contribution is 2.29. The number of halogens is 3. The Kier molecular flexibility index (Phi) is 12.1. The second-order valence-corrected chi connectivity index (χ2v) is 15.4. The van der Waals surface area contributed by atoms with Crippen molar-refractivity contribution in [3.8, 4) is 17.1 Å². The third kappa shape index (κ3) is 12.0. The Hall–Kier alpha value is -1.89. The first kappa shape index (κ1) is 28.3. The van der Waals surface area contributed by atoms with Gasteiger partial charge in [0.2, 0.25) is 0 Å². The zero-order valence-corrected chi connectivity index (χ0v) is 22.1. The van der Waals surface area contributed by atoms with Crippen molar-refractivity contribution in [2.24, 2.45) is 0 Å². The van der Waals surface area contributed by atoms with E-state index >= 15 is 0 Å². The lowest BCUT2D eigenvalue weighted by molar-refractivity contribution is -0.130. The van der Waals surface area contributed by atoms with Crippen molar-refractivity contribution >= 4 is 8.07 Å². The normalized spacial score (nSPS) is 12.2. The number of alkyl halides is 3. The molecule has 1 aromatic heterocycles. The van der Waals surface area contributed by atoms with Gasteiger partial charge in [-0.1, -0.05) is 64.6 Å². The Labute approximate surface area is 204 Å². The SMILES string of the molecule is CCCCCCCCc1cnc(-c2ccc(OCCCC[Si](C)(C)CCC(F)(F)F)cc2)nc1. The number of nitrogens with zero attached hydrogens (tertiary/aromatic N) is 2. The molecule has 1 heterocycles. The molecule has 0 spiro atoms. The molecule has 0 saturated carbocycles. The third-order valence-electron chi connectivity index (χ3n) is 6.24. The molecule has 2 rings (SSSR count). The van der Waals surface area contributed by atoms with Crippen LogP contribution in [0.2, 0.25) is 25.2 Å². The molecule has 0 N–H and O–H groups in total. The zero-order valence-electron chi connectivity index (χ0n) is 21.1. The van der Waals surface area contributed by atoms with Crippen LogP contribution in [0, 0.1) is 0 Å². The van der Waals surface area contributed by atoms with E-state index in [1.54, 1.807) is 0 Å². The van der Waals surface area contributed by atoms with Crippen LogP contribution in [0.4, 0.5) is 13.2 Å². The molecule has 0 saturated heterocycles. The summed E-state index contributed by atoms with van der Waals surface area (Å²) in [6, 6.07) is 8.98. The Morgan fingerprint density at radius 1 is 0.824 bits per heavy atom. The van der Waals surface area contributed by atoms with Crippen molar-refractivity contribution in [1.29, 1.82) is 0 Å². The Balaban J connectivity index is 1.68. The van der Waals surface area contributed by atoms with Crippen molar-refractivity contribution < 1.29 is 17.9 Å². The number of aromatic nitrogens is 2. The molecule has 0 radical (unpaired) electrons. The van der Waals surface area contributed by atoms with Gasteiger partial charge in [0.25, 0.3) is 0 Å². The van der Waals surface area contributed by atoms with Gasteiger partial charge in [-0.15, -0.1) is 0 Å². The molecular weight excluding hydrogens is 453 g/mol. The van der Waals surface area contributed by atoms with Gasteiger partial charge in [0, 0.05) is 32.5 Å². The molecule has 0 fully saturated rings. The van der Waals surface area contributed by atoms with E-state index in [0.29, 0.717) is 18.5 Å². The number of aryl methyl sites for hydroxylation is 1. The Morgan fingerprint density at radius 2 is 1.47 bits per heavy atom. The van der Waals surface area contributed by atoms with Gasteiger partial charge in [0.1, 0.15) is 5.75 Å². The van der Waals surface area contributed by atoms with Gasteiger partial charge >= 0.3 is 6.18 Å². The first-order chi connectivity index (χ1) is 16.2.